The quantitative estimate of drug-likeness (QED) is 0.108. The van der Waals surface area contributed by atoms with Gasteiger partial charge in [-0.1, -0.05) is 24.3 Å². The summed E-state index contributed by atoms with van der Waals surface area (Å²) in [5, 5.41) is 4.63. The number of hydrogen-bond acceptors (Lipinski definition) is 9. The summed E-state index contributed by atoms with van der Waals surface area (Å²) in [6.45, 7) is 7.69. The molecule has 39 heavy (non-hydrogen) atoms. The maximum absolute atomic E-state index is 13.3. The van der Waals surface area contributed by atoms with Crippen molar-refractivity contribution in [2.75, 3.05) is 33.2 Å². The summed E-state index contributed by atoms with van der Waals surface area (Å²) in [4.78, 5) is 69.8. The first-order valence-corrected chi connectivity index (χ1v) is 12.6. The van der Waals surface area contributed by atoms with Gasteiger partial charge in [-0.2, -0.15) is 0 Å². The Bertz CT molecular complexity index is 1140. The highest BCUT2D eigenvalue weighted by Crippen LogP contribution is 2.44. The van der Waals surface area contributed by atoms with Crippen molar-refractivity contribution in [1.29, 1.82) is 0 Å². The lowest BCUT2D eigenvalue weighted by Gasteiger charge is -2.20. The number of guanidine groups is 1. The van der Waals surface area contributed by atoms with Gasteiger partial charge in [-0.15, -0.1) is 13.2 Å². The molecule has 0 aliphatic carbocycles. The highest BCUT2D eigenvalue weighted by molar-refractivity contribution is 6.07. The Morgan fingerprint density at radius 1 is 0.872 bits per heavy atom. The third kappa shape index (κ3) is 4.97. The van der Waals surface area contributed by atoms with Crippen LogP contribution in [0.5, 0.6) is 0 Å². The molecule has 0 aromatic rings. The Morgan fingerprint density at radius 3 is 1.72 bits per heavy atom. The van der Waals surface area contributed by atoms with Gasteiger partial charge in [0, 0.05) is 26.7 Å². The summed E-state index contributed by atoms with van der Waals surface area (Å²) in [7, 11) is 1.42. The Hall–Kier alpha value is -3.88. The zero-order chi connectivity index (χ0) is 28.4. The van der Waals surface area contributed by atoms with Crippen LogP contribution in [-0.2, 0) is 28.7 Å². The lowest BCUT2D eigenvalue weighted by Crippen LogP contribution is -2.42. The topological polar surface area (TPSA) is 199 Å². The first-order valence-electron chi connectivity index (χ1n) is 12.6. The van der Waals surface area contributed by atoms with Gasteiger partial charge in [-0.25, -0.2) is 4.79 Å². The van der Waals surface area contributed by atoms with Gasteiger partial charge in [0.05, 0.1) is 54.6 Å². The number of carbonyl (C=O) groups excluding carboxylic acids is 5. The van der Waals surface area contributed by atoms with E-state index in [0.29, 0.717) is 0 Å². The molecule has 0 saturated carbocycles. The molecule has 0 radical (unpaired) electrons. The summed E-state index contributed by atoms with van der Waals surface area (Å²) >= 11 is 0. The molecule has 0 aromatic heterocycles. The summed E-state index contributed by atoms with van der Waals surface area (Å²) in [6, 6.07) is -0.549. The fourth-order valence-electron chi connectivity index (χ4n) is 5.64. The smallest absolute Gasteiger partial charge is 0.321 e. The Balaban J connectivity index is 1.49. The van der Waals surface area contributed by atoms with Crippen LogP contribution in [0.3, 0.4) is 0 Å². The molecule has 4 fully saturated rings. The van der Waals surface area contributed by atoms with Crippen LogP contribution in [0, 0.1) is 23.7 Å². The van der Waals surface area contributed by atoms with E-state index >= 15 is 0 Å². The van der Waals surface area contributed by atoms with E-state index in [1.807, 2.05) is 0 Å². The second-order valence-electron chi connectivity index (χ2n) is 9.51. The van der Waals surface area contributed by atoms with Crippen molar-refractivity contribution in [3.63, 3.8) is 0 Å². The molecule has 4 saturated heterocycles. The SMILES string of the molecule is C=CC1OC(/C=C\C2OC(C=C)C3C(=O)N(CCN=C(N)NC(=O)NC)C(=O)C23)C2C(=O)N(CCN)C(=O)C12. The monoisotopic (exact) mass is 543 g/mol. The van der Waals surface area contributed by atoms with Gasteiger partial charge in [0.15, 0.2) is 5.96 Å². The van der Waals surface area contributed by atoms with Crippen LogP contribution in [0.1, 0.15) is 0 Å². The number of nitrogens with zero attached hydrogens (tertiary/aromatic N) is 3. The van der Waals surface area contributed by atoms with Crippen LogP contribution in [0.15, 0.2) is 42.5 Å². The number of amides is 6. The Labute approximate surface area is 225 Å². The Morgan fingerprint density at radius 2 is 1.31 bits per heavy atom. The van der Waals surface area contributed by atoms with Crippen LogP contribution in [0.25, 0.3) is 0 Å². The maximum atomic E-state index is 13.3. The summed E-state index contributed by atoms with van der Waals surface area (Å²) in [5.41, 5.74) is 11.2. The number of fused-ring (bicyclic) bond motifs is 2. The van der Waals surface area contributed by atoms with E-state index < -0.39 is 65.9 Å². The number of likely N-dealkylation sites (tertiary alicyclic amines) is 2. The number of rotatable bonds is 9. The number of nitrogens with two attached hydrogens (primary N) is 2. The van der Waals surface area contributed by atoms with E-state index in [0.717, 1.165) is 9.80 Å². The molecular formula is C25H33N7O7. The lowest BCUT2D eigenvalue weighted by molar-refractivity contribution is -0.144. The number of ether oxygens (including phenoxy) is 2. The van der Waals surface area contributed by atoms with Crippen molar-refractivity contribution in [2.45, 2.75) is 24.4 Å². The minimum absolute atomic E-state index is 0.00969. The zero-order valence-electron chi connectivity index (χ0n) is 21.5. The zero-order valence-corrected chi connectivity index (χ0v) is 21.5. The molecule has 0 spiro atoms. The van der Waals surface area contributed by atoms with Gasteiger partial charge in [-0.3, -0.25) is 39.3 Å². The minimum Gasteiger partial charge on any atom is -0.370 e. The molecule has 4 heterocycles. The molecule has 8 atom stereocenters. The first kappa shape index (κ1) is 28.1. The number of hydrogen-bond donors (Lipinski definition) is 4. The predicted octanol–water partition coefficient (Wildman–Crippen LogP) is -2.15. The number of nitrogens with one attached hydrogen (secondary N) is 2. The average molecular weight is 544 g/mol. The molecule has 4 aliphatic heterocycles. The van der Waals surface area contributed by atoms with Crippen molar-refractivity contribution in [2.24, 2.45) is 40.1 Å². The van der Waals surface area contributed by atoms with Crippen LogP contribution >= 0.6 is 0 Å². The number of carbonyl (C=O) groups is 5. The number of imide groups is 2. The highest BCUT2D eigenvalue weighted by Gasteiger charge is 2.60. The van der Waals surface area contributed by atoms with Gasteiger partial charge >= 0.3 is 6.03 Å². The fourth-order valence-corrected chi connectivity index (χ4v) is 5.64. The van der Waals surface area contributed by atoms with Crippen molar-refractivity contribution in [3.8, 4) is 0 Å². The average Bonchev–Trinajstić information content (AvgIpc) is 3.61. The summed E-state index contributed by atoms with van der Waals surface area (Å²) in [6.07, 6.45) is 3.28. The van der Waals surface area contributed by atoms with E-state index in [1.54, 1.807) is 12.2 Å². The van der Waals surface area contributed by atoms with E-state index in [4.69, 9.17) is 20.9 Å². The van der Waals surface area contributed by atoms with Crippen molar-refractivity contribution in [3.05, 3.63) is 37.5 Å². The highest BCUT2D eigenvalue weighted by atomic mass is 16.5. The van der Waals surface area contributed by atoms with Crippen molar-refractivity contribution < 1.29 is 33.4 Å². The molecule has 6 amide bonds. The third-order valence-corrected chi connectivity index (χ3v) is 7.41. The van der Waals surface area contributed by atoms with E-state index in [9.17, 15) is 24.0 Å². The molecule has 210 valence electrons. The minimum atomic E-state index is -0.816. The third-order valence-electron chi connectivity index (χ3n) is 7.41. The van der Waals surface area contributed by atoms with E-state index in [2.05, 4.69) is 28.8 Å². The normalized spacial score (nSPS) is 34.2. The van der Waals surface area contributed by atoms with Crippen LogP contribution in [0.2, 0.25) is 0 Å². The maximum Gasteiger partial charge on any atom is 0.321 e. The molecule has 8 unspecified atom stereocenters. The molecule has 4 rings (SSSR count). The predicted molar refractivity (Wildman–Crippen MR) is 137 cm³/mol. The van der Waals surface area contributed by atoms with Crippen molar-refractivity contribution >= 4 is 35.6 Å². The summed E-state index contributed by atoms with van der Waals surface area (Å²) < 4.78 is 11.9. The summed E-state index contributed by atoms with van der Waals surface area (Å²) in [5.74, 6) is -4.77. The molecule has 0 aromatic carbocycles. The van der Waals surface area contributed by atoms with Gasteiger partial charge in [0.25, 0.3) is 0 Å². The van der Waals surface area contributed by atoms with Gasteiger partial charge < -0.3 is 26.3 Å². The van der Waals surface area contributed by atoms with E-state index in [1.165, 1.54) is 19.2 Å². The van der Waals surface area contributed by atoms with Crippen molar-refractivity contribution in [1.82, 2.24) is 20.4 Å². The molecule has 6 N–H and O–H groups in total. The lowest BCUT2D eigenvalue weighted by atomic mass is 9.87. The van der Waals surface area contributed by atoms with Gasteiger partial charge in [0.1, 0.15) is 0 Å². The van der Waals surface area contributed by atoms with E-state index in [-0.39, 0.29) is 44.0 Å². The standard InChI is InChI=1S/C25H33N7O7/c1-4-12-16-18(22(35)31(10-8-26)20(16)33)14(38-12)6-7-15-19-17(13(5-2)39-15)21(34)32(23(19)36)11-9-29-24(27)30-25(37)28-3/h4-7,12-19H,1-2,8-11,26H2,3H3,(H4,27,28,29,30,37)/b7-6-. The molecule has 4 aliphatic rings. The van der Waals surface area contributed by atoms with Crippen LogP contribution in [-0.4, -0.2) is 103 Å². The fraction of sp³-hybridized carbons (Fsp3) is 0.520. The van der Waals surface area contributed by atoms with Gasteiger partial charge in [-0.05, 0) is 0 Å². The van der Waals surface area contributed by atoms with Crippen LogP contribution in [0.4, 0.5) is 4.79 Å². The molecule has 14 heteroatoms. The first-order chi connectivity index (χ1) is 18.7. The Kier molecular flexibility index (Phi) is 8.28. The number of urea groups is 1. The number of aliphatic imine (C=N–C) groups is 1. The van der Waals surface area contributed by atoms with Crippen LogP contribution < -0.4 is 22.1 Å². The second kappa shape index (κ2) is 11.5. The molecular weight excluding hydrogens is 510 g/mol. The molecule has 14 nitrogen and oxygen atoms in total. The largest absolute Gasteiger partial charge is 0.370 e. The van der Waals surface area contributed by atoms with Gasteiger partial charge in [0.2, 0.25) is 23.6 Å². The molecule has 0 bridgehead atoms. The second-order valence-corrected chi connectivity index (χ2v) is 9.51.